The summed E-state index contributed by atoms with van der Waals surface area (Å²) >= 11 is 4.89. The Morgan fingerprint density at radius 1 is 1.33 bits per heavy atom. The molecule has 0 N–H and O–H groups in total. The van der Waals surface area contributed by atoms with Gasteiger partial charge >= 0.3 is 0 Å². The predicted octanol–water partition coefficient (Wildman–Crippen LogP) is 2.54. The summed E-state index contributed by atoms with van der Waals surface area (Å²) in [6.45, 7) is 0. The first-order chi connectivity index (χ1) is 5.61. The molecule has 0 saturated carbocycles. The number of carbonyl (C=O) groups excluding carboxylic acids is 1. The summed E-state index contributed by atoms with van der Waals surface area (Å²) in [5.74, 6) is -1.33. The van der Waals surface area contributed by atoms with Gasteiger partial charge in [-0.2, -0.15) is 0 Å². The van der Waals surface area contributed by atoms with E-state index in [0.717, 1.165) is 12.1 Å². The number of hydrogen-bond donors (Lipinski definition) is 0. The highest BCUT2D eigenvalue weighted by atomic mass is 35.5. The van der Waals surface area contributed by atoms with Crippen LogP contribution in [0.4, 0.5) is 8.78 Å². The van der Waals surface area contributed by atoms with E-state index in [4.69, 9.17) is 11.6 Å². The van der Waals surface area contributed by atoms with E-state index in [1.165, 1.54) is 12.1 Å². The zero-order chi connectivity index (χ0) is 9.14. The molecule has 1 rings (SSSR count). The first kappa shape index (κ1) is 9.13. The van der Waals surface area contributed by atoms with E-state index >= 15 is 0 Å². The lowest BCUT2D eigenvalue weighted by atomic mass is 10.1. The van der Waals surface area contributed by atoms with Crippen molar-refractivity contribution >= 4 is 17.4 Å². The predicted molar refractivity (Wildman–Crippen MR) is 41.5 cm³/mol. The molecule has 0 spiro atoms. The number of ketones is 1. The minimum atomic E-state index is -2.06. The average molecular weight is 191 g/mol. The second kappa shape index (κ2) is 3.63. The number of hydrogen-bond acceptors (Lipinski definition) is 1. The summed E-state index contributed by atoms with van der Waals surface area (Å²) in [6, 6.07) is 4.53. The minimum Gasteiger partial charge on any atom is -0.289 e. The van der Waals surface area contributed by atoms with Crippen LogP contribution in [0.25, 0.3) is 0 Å². The van der Waals surface area contributed by atoms with Crippen LogP contribution in [-0.4, -0.2) is 11.4 Å². The minimum absolute atomic E-state index is 0.0684. The van der Waals surface area contributed by atoms with Crippen molar-refractivity contribution in [2.24, 2.45) is 0 Å². The second-order valence-corrected chi connectivity index (χ2v) is 2.56. The zero-order valence-electron chi connectivity index (χ0n) is 5.93. The average Bonchev–Trinajstić information content (AvgIpc) is 2.04. The SMILES string of the molecule is O=C(c1ccc(F)cc1)[C@@H](F)Cl. The topological polar surface area (TPSA) is 17.1 Å². The van der Waals surface area contributed by atoms with Crippen LogP contribution >= 0.6 is 11.6 Å². The Morgan fingerprint density at radius 2 is 1.83 bits per heavy atom. The lowest BCUT2D eigenvalue weighted by Gasteiger charge is -1.98. The summed E-state index contributed by atoms with van der Waals surface area (Å²) in [5.41, 5.74) is -1.99. The molecule has 0 amide bonds. The Labute approximate surface area is 73.0 Å². The van der Waals surface area contributed by atoms with Gasteiger partial charge in [0.15, 0.2) is 0 Å². The molecule has 1 aromatic rings. The Morgan fingerprint density at radius 3 is 2.25 bits per heavy atom. The maximum Gasteiger partial charge on any atom is 0.235 e. The second-order valence-electron chi connectivity index (χ2n) is 2.17. The molecule has 0 saturated heterocycles. The van der Waals surface area contributed by atoms with Crippen LogP contribution in [0.5, 0.6) is 0 Å². The molecule has 0 bridgehead atoms. The molecule has 0 aliphatic carbocycles. The number of Topliss-reactive ketones (excluding diaryl/α,β-unsaturated/α-hetero) is 1. The van der Waals surface area contributed by atoms with Crippen LogP contribution in [0.1, 0.15) is 10.4 Å². The van der Waals surface area contributed by atoms with Crippen molar-refractivity contribution in [1.29, 1.82) is 0 Å². The van der Waals surface area contributed by atoms with Gasteiger partial charge in [0.05, 0.1) is 0 Å². The monoisotopic (exact) mass is 190 g/mol. The third-order valence-electron chi connectivity index (χ3n) is 1.33. The quantitative estimate of drug-likeness (QED) is 0.518. The van der Waals surface area contributed by atoms with Crippen LogP contribution < -0.4 is 0 Å². The van der Waals surface area contributed by atoms with Gasteiger partial charge in [-0.15, -0.1) is 0 Å². The van der Waals surface area contributed by atoms with E-state index in [0.29, 0.717) is 0 Å². The number of halogens is 3. The van der Waals surface area contributed by atoms with Gasteiger partial charge in [0, 0.05) is 5.56 Å². The molecule has 0 aliphatic rings. The molecule has 4 heteroatoms. The Kier molecular flexibility index (Phi) is 2.76. The fourth-order valence-corrected chi connectivity index (χ4v) is 0.866. The van der Waals surface area contributed by atoms with Gasteiger partial charge in [-0.25, -0.2) is 8.78 Å². The molecule has 12 heavy (non-hydrogen) atoms. The number of carbonyl (C=O) groups is 1. The standard InChI is InChI=1S/C8H5ClF2O/c9-8(11)7(12)5-1-3-6(10)4-2-5/h1-4,8H/t8-/m1/s1. The highest BCUT2D eigenvalue weighted by Crippen LogP contribution is 2.10. The lowest BCUT2D eigenvalue weighted by molar-refractivity contribution is 0.0934. The van der Waals surface area contributed by atoms with Gasteiger partial charge in [0.2, 0.25) is 11.4 Å². The molecular formula is C8H5ClF2O. The first-order valence-electron chi connectivity index (χ1n) is 3.19. The van der Waals surface area contributed by atoms with Crippen molar-refractivity contribution in [3.8, 4) is 0 Å². The Bertz CT molecular complexity index is 282. The van der Waals surface area contributed by atoms with Crippen LogP contribution in [0.3, 0.4) is 0 Å². The molecule has 1 aromatic carbocycles. The van der Waals surface area contributed by atoms with Gasteiger partial charge in [0.1, 0.15) is 5.82 Å². The first-order valence-corrected chi connectivity index (χ1v) is 3.63. The highest BCUT2D eigenvalue weighted by Gasteiger charge is 2.15. The molecule has 1 nitrogen and oxygen atoms in total. The van der Waals surface area contributed by atoms with Crippen LogP contribution in [0, 0.1) is 5.82 Å². The summed E-state index contributed by atoms with van der Waals surface area (Å²) in [6.07, 6.45) is 0. The van der Waals surface area contributed by atoms with E-state index in [-0.39, 0.29) is 5.56 Å². The highest BCUT2D eigenvalue weighted by molar-refractivity contribution is 6.32. The van der Waals surface area contributed by atoms with Crippen molar-refractivity contribution in [2.75, 3.05) is 0 Å². The fourth-order valence-electron chi connectivity index (χ4n) is 0.740. The molecular weight excluding hydrogens is 186 g/mol. The van der Waals surface area contributed by atoms with Crippen molar-refractivity contribution in [1.82, 2.24) is 0 Å². The summed E-state index contributed by atoms with van der Waals surface area (Å²) < 4.78 is 24.5. The summed E-state index contributed by atoms with van der Waals surface area (Å²) in [4.78, 5) is 10.8. The largest absolute Gasteiger partial charge is 0.289 e. The molecule has 0 aliphatic heterocycles. The maximum atomic E-state index is 12.3. The van der Waals surface area contributed by atoms with Crippen molar-refractivity contribution in [2.45, 2.75) is 5.63 Å². The van der Waals surface area contributed by atoms with Gasteiger partial charge in [0.25, 0.3) is 0 Å². The Hall–Kier alpha value is -0.960. The van der Waals surface area contributed by atoms with Crippen LogP contribution in [0.15, 0.2) is 24.3 Å². The number of benzene rings is 1. The van der Waals surface area contributed by atoms with Crippen LogP contribution in [-0.2, 0) is 0 Å². The summed E-state index contributed by atoms with van der Waals surface area (Å²) in [7, 11) is 0. The molecule has 0 aromatic heterocycles. The molecule has 1 atom stereocenters. The normalized spacial score (nSPS) is 12.6. The third-order valence-corrected chi connectivity index (χ3v) is 1.53. The van der Waals surface area contributed by atoms with Crippen molar-refractivity contribution < 1.29 is 13.6 Å². The van der Waals surface area contributed by atoms with Gasteiger partial charge in [-0.1, -0.05) is 11.6 Å². The van der Waals surface area contributed by atoms with Gasteiger partial charge in [-0.05, 0) is 24.3 Å². The van der Waals surface area contributed by atoms with Crippen molar-refractivity contribution in [3.63, 3.8) is 0 Å². The number of rotatable bonds is 2. The van der Waals surface area contributed by atoms with Crippen LogP contribution in [0.2, 0.25) is 0 Å². The fraction of sp³-hybridized carbons (Fsp3) is 0.125. The molecule has 0 heterocycles. The summed E-state index contributed by atoms with van der Waals surface area (Å²) in [5, 5.41) is 0. The molecule has 0 fully saturated rings. The maximum absolute atomic E-state index is 12.3. The van der Waals surface area contributed by atoms with E-state index in [2.05, 4.69) is 0 Å². The Balaban J connectivity index is 2.90. The molecule has 0 radical (unpaired) electrons. The molecule has 0 unspecified atom stereocenters. The zero-order valence-corrected chi connectivity index (χ0v) is 6.68. The van der Waals surface area contributed by atoms with E-state index in [1.807, 2.05) is 0 Å². The van der Waals surface area contributed by atoms with E-state index in [1.54, 1.807) is 0 Å². The van der Waals surface area contributed by atoms with Gasteiger partial charge in [-0.3, -0.25) is 4.79 Å². The smallest absolute Gasteiger partial charge is 0.235 e. The van der Waals surface area contributed by atoms with Gasteiger partial charge < -0.3 is 0 Å². The third kappa shape index (κ3) is 2.01. The lowest BCUT2D eigenvalue weighted by Crippen LogP contribution is -2.08. The molecule has 64 valence electrons. The van der Waals surface area contributed by atoms with E-state index in [9.17, 15) is 13.6 Å². The number of alkyl halides is 2. The van der Waals surface area contributed by atoms with Crippen molar-refractivity contribution in [3.05, 3.63) is 35.6 Å². The van der Waals surface area contributed by atoms with E-state index < -0.39 is 17.2 Å².